The van der Waals surface area contributed by atoms with Gasteiger partial charge in [0.15, 0.2) is 0 Å². The van der Waals surface area contributed by atoms with E-state index in [0.717, 1.165) is 0 Å². The monoisotopic (exact) mass is 145 g/mol. The molecule has 0 aromatic carbocycles. The minimum Gasteiger partial charge on any atom is -0.290 e. The normalized spacial score (nSPS) is 9.62. The maximum atomic E-state index is 2.06. The molecule has 1 rings (SSSR count). The van der Waals surface area contributed by atoms with Crippen molar-refractivity contribution >= 4 is 21.8 Å². The first-order valence-electron chi connectivity index (χ1n) is 2.27. The van der Waals surface area contributed by atoms with Gasteiger partial charge in [-0.2, -0.15) is 0 Å². The molecule has 0 atom stereocenters. The van der Waals surface area contributed by atoms with Crippen molar-refractivity contribution in [3.63, 3.8) is 0 Å². The SMILES string of the molecule is CSSn1cccc1. The van der Waals surface area contributed by atoms with Gasteiger partial charge in [0.1, 0.15) is 0 Å². The summed E-state index contributed by atoms with van der Waals surface area (Å²) < 4.78 is 2.06. The van der Waals surface area contributed by atoms with Crippen molar-refractivity contribution in [3.05, 3.63) is 24.5 Å². The van der Waals surface area contributed by atoms with Crippen molar-refractivity contribution < 1.29 is 0 Å². The molecule has 44 valence electrons. The van der Waals surface area contributed by atoms with Crippen molar-refractivity contribution in [1.82, 2.24) is 3.97 Å². The Balaban J connectivity index is 2.50. The maximum absolute atomic E-state index is 2.06. The molecule has 0 bridgehead atoms. The molecule has 1 aromatic rings. The van der Waals surface area contributed by atoms with E-state index in [-0.39, 0.29) is 0 Å². The van der Waals surface area contributed by atoms with Crippen molar-refractivity contribution in [2.24, 2.45) is 0 Å². The summed E-state index contributed by atoms with van der Waals surface area (Å²) in [7, 11) is 3.45. The fourth-order valence-electron chi connectivity index (χ4n) is 0.454. The second kappa shape index (κ2) is 3.10. The van der Waals surface area contributed by atoms with Crippen molar-refractivity contribution in [1.29, 1.82) is 0 Å². The van der Waals surface area contributed by atoms with Crippen molar-refractivity contribution in [2.75, 3.05) is 6.26 Å². The zero-order valence-corrected chi connectivity index (χ0v) is 6.21. The number of hydrogen-bond acceptors (Lipinski definition) is 2. The lowest BCUT2D eigenvalue weighted by Gasteiger charge is -1.92. The molecular formula is C5H7NS2. The van der Waals surface area contributed by atoms with Crippen LogP contribution in [-0.2, 0) is 0 Å². The number of aromatic nitrogens is 1. The van der Waals surface area contributed by atoms with Gasteiger partial charge in [0.2, 0.25) is 0 Å². The van der Waals surface area contributed by atoms with E-state index in [1.54, 1.807) is 21.8 Å². The molecule has 0 aliphatic rings. The van der Waals surface area contributed by atoms with Gasteiger partial charge in [-0.05, 0) is 18.4 Å². The summed E-state index contributed by atoms with van der Waals surface area (Å²) in [6.45, 7) is 0. The Kier molecular flexibility index (Phi) is 2.36. The summed E-state index contributed by atoms with van der Waals surface area (Å²) in [6, 6.07) is 4.03. The van der Waals surface area contributed by atoms with Crippen LogP contribution in [0.15, 0.2) is 24.5 Å². The minimum atomic E-state index is 1.72. The lowest BCUT2D eigenvalue weighted by molar-refractivity contribution is 1.30. The van der Waals surface area contributed by atoms with Gasteiger partial charge in [-0.1, -0.05) is 10.8 Å². The molecule has 1 aromatic heterocycles. The first-order valence-corrected chi connectivity index (χ1v) is 4.79. The van der Waals surface area contributed by atoms with Crippen LogP contribution in [0.2, 0.25) is 0 Å². The Morgan fingerprint density at radius 3 is 2.38 bits per heavy atom. The molecule has 1 nitrogen and oxygen atoms in total. The molecule has 0 aliphatic heterocycles. The van der Waals surface area contributed by atoms with Gasteiger partial charge >= 0.3 is 0 Å². The number of nitrogens with zero attached hydrogens (tertiary/aromatic N) is 1. The van der Waals surface area contributed by atoms with Crippen LogP contribution < -0.4 is 0 Å². The van der Waals surface area contributed by atoms with Crippen LogP contribution in [0.5, 0.6) is 0 Å². The van der Waals surface area contributed by atoms with Gasteiger partial charge in [0, 0.05) is 23.4 Å². The predicted octanol–water partition coefficient (Wildman–Crippen LogP) is 2.26. The Hall–Kier alpha value is -0.0200. The van der Waals surface area contributed by atoms with E-state index in [0.29, 0.717) is 0 Å². The van der Waals surface area contributed by atoms with Crippen LogP contribution >= 0.6 is 21.8 Å². The molecule has 3 heteroatoms. The summed E-state index contributed by atoms with van der Waals surface area (Å²) in [5.41, 5.74) is 0. The standard InChI is InChI=1S/C5H7NS2/c1-7-8-6-4-2-3-5-6/h2-5H,1H3. The van der Waals surface area contributed by atoms with E-state index in [4.69, 9.17) is 0 Å². The van der Waals surface area contributed by atoms with E-state index >= 15 is 0 Å². The number of rotatable bonds is 2. The zero-order valence-electron chi connectivity index (χ0n) is 4.57. The molecule has 0 unspecified atom stereocenters. The lowest BCUT2D eigenvalue weighted by atomic mass is 10.7. The quantitative estimate of drug-likeness (QED) is 0.588. The minimum absolute atomic E-state index is 1.72. The molecule has 1 heterocycles. The molecule has 0 saturated carbocycles. The van der Waals surface area contributed by atoms with Crippen molar-refractivity contribution in [2.45, 2.75) is 0 Å². The Morgan fingerprint density at radius 1 is 1.25 bits per heavy atom. The highest BCUT2D eigenvalue weighted by Gasteiger charge is 1.82. The van der Waals surface area contributed by atoms with Gasteiger partial charge < -0.3 is 0 Å². The van der Waals surface area contributed by atoms with Gasteiger partial charge in [0.05, 0.1) is 0 Å². The summed E-state index contributed by atoms with van der Waals surface area (Å²) in [6.07, 6.45) is 6.12. The summed E-state index contributed by atoms with van der Waals surface area (Å²) in [4.78, 5) is 0. The molecule has 0 spiro atoms. The maximum Gasteiger partial charge on any atom is 0.0252 e. The van der Waals surface area contributed by atoms with E-state index < -0.39 is 0 Å². The average Bonchev–Trinajstić information content (AvgIpc) is 2.19. The van der Waals surface area contributed by atoms with Gasteiger partial charge in [-0.25, -0.2) is 0 Å². The Morgan fingerprint density at radius 2 is 1.88 bits per heavy atom. The largest absolute Gasteiger partial charge is 0.290 e. The lowest BCUT2D eigenvalue weighted by Crippen LogP contribution is -1.71. The highest BCUT2D eigenvalue weighted by atomic mass is 33.1. The average molecular weight is 145 g/mol. The van der Waals surface area contributed by atoms with Crippen LogP contribution in [0.4, 0.5) is 0 Å². The molecule has 0 radical (unpaired) electrons. The zero-order chi connectivity index (χ0) is 5.82. The highest BCUT2D eigenvalue weighted by molar-refractivity contribution is 8.75. The highest BCUT2D eigenvalue weighted by Crippen LogP contribution is 2.18. The molecule has 0 aliphatic carbocycles. The topological polar surface area (TPSA) is 4.93 Å². The summed E-state index contributed by atoms with van der Waals surface area (Å²) in [5, 5.41) is 0. The first-order chi connectivity index (χ1) is 3.93. The van der Waals surface area contributed by atoms with E-state index in [1.807, 2.05) is 24.5 Å². The van der Waals surface area contributed by atoms with E-state index in [2.05, 4.69) is 10.2 Å². The third-order valence-electron chi connectivity index (χ3n) is 0.738. The molecule has 0 fully saturated rings. The Labute approximate surface area is 57.0 Å². The van der Waals surface area contributed by atoms with Crippen LogP contribution in [0, 0.1) is 0 Å². The van der Waals surface area contributed by atoms with Gasteiger partial charge in [-0.3, -0.25) is 3.97 Å². The molecular weight excluding hydrogens is 138 g/mol. The van der Waals surface area contributed by atoms with Crippen LogP contribution in [0.3, 0.4) is 0 Å². The van der Waals surface area contributed by atoms with Crippen LogP contribution in [0.1, 0.15) is 0 Å². The third kappa shape index (κ3) is 1.49. The molecule has 0 amide bonds. The van der Waals surface area contributed by atoms with Gasteiger partial charge in [-0.15, -0.1) is 0 Å². The third-order valence-corrected chi connectivity index (χ3v) is 2.27. The van der Waals surface area contributed by atoms with Crippen molar-refractivity contribution in [3.8, 4) is 0 Å². The van der Waals surface area contributed by atoms with E-state index in [1.165, 1.54) is 0 Å². The van der Waals surface area contributed by atoms with Gasteiger partial charge in [0.25, 0.3) is 0 Å². The first kappa shape index (κ1) is 6.11. The number of hydrogen-bond donors (Lipinski definition) is 0. The fourth-order valence-corrected chi connectivity index (χ4v) is 1.68. The molecule has 0 N–H and O–H groups in total. The second-order valence-electron chi connectivity index (χ2n) is 1.28. The summed E-state index contributed by atoms with van der Waals surface area (Å²) in [5.74, 6) is 0. The smallest absolute Gasteiger partial charge is 0.0252 e. The Bertz CT molecular complexity index is 136. The molecule has 8 heavy (non-hydrogen) atoms. The second-order valence-corrected chi connectivity index (χ2v) is 3.64. The van der Waals surface area contributed by atoms with Crippen LogP contribution in [-0.4, -0.2) is 10.2 Å². The predicted molar refractivity (Wildman–Crippen MR) is 40.9 cm³/mol. The summed E-state index contributed by atoms with van der Waals surface area (Å²) >= 11 is 0. The molecule has 0 saturated heterocycles. The van der Waals surface area contributed by atoms with Crippen LogP contribution in [0.25, 0.3) is 0 Å². The van der Waals surface area contributed by atoms with E-state index in [9.17, 15) is 0 Å². The fraction of sp³-hybridized carbons (Fsp3) is 0.200.